The lowest BCUT2D eigenvalue weighted by molar-refractivity contribution is 0.633. The second-order valence-corrected chi connectivity index (χ2v) is 7.22. The molecule has 0 radical (unpaired) electrons. The molecule has 0 atom stereocenters. The van der Waals surface area contributed by atoms with E-state index in [1.54, 1.807) is 0 Å². The van der Waals surface area contributed by atoms with Crippen molar-refractivity contribution < 1.29 is 0 Å². The van der Waals surface area contributed by atoms with Gasteiger partial charge in [-0.3, -0.25) is 0 Å². The van der Waals surface area contributed by atoms with Gasteiger partial charge in [-0.1, -0.05) is 50.7 Å². The van der Waals surface area contributed by atoms with Crippen molar-refractivity contribution in [1.29, 1.82) is 10.5 Å². The third-order valence-electron chi connectivity index (χ3n) is 3.53. The Bertz CT molecular complexity index is 297. The van der Waals surface area contributed by atoms with Crippen LogP contribution >= 0.6 is 23.5 Å². The minimum Gasteiger partial charge on any atom is -0.185 e. The number of rotatable bonds is 16. The molecule has 0 heterocycles. The lowest BCUT2D eigenvalue weighted by atomic mass is 10.1. The molecule has 0 bridgehead atoms. The van der Waals surface area contributed by atoms with Crippen molar-refractivity contribution in [3.05, 3.63) is 12.2 Å². The standard InChI is InChI=1S/C18H30N2S2/c19-17-21-15-13-11-9-7-5-3-1-2-4-6-8-10-12-14-16-22-18-20/h1-2H,3-16H2. The molecule has 0 amide bonds. The number of thioether (sulfide) groups is 2. The van der Waals surface area contributed by atoms with E-state index in [1.165, 1.54) is 101 Å². The van der Waals surface area contributed by atoms with Crippen LogP contribution in [-0.2, 0) is 0 Å². The van der Waals surface area contributed by atoms with Crippen molar-refractivity contribution in [2.75, 3.05) is 11.5 Å². The van der Waals surface area contributed by atoms with Crippen LogP contribution in [0.25, 0.3) is 0 Å². The van der Waals surface area contributed by atoms with Crippen LogP contribution in [0.5, 0.6) is 0 Å². The molecule has 0 spiro atoms. The first-order valence-corrected chi connectivity index (χ1v) is 10.6. The average Bonchev–Trinajstić information content (AvgIpc) is 2.54. The predicted molar refractivity (Wildman–Crippen MR) is 101 cm³/mol. The molecule has 0 unspecified atom stereocenters. The quantitative estimate of drug-likeness (QED) is 0.179. The molecular weight excluding hydrogens is 308 g/mol. The van der Waals surface area contributed by atoms with Crippen LogP contribution in [0.3, 0.4) is 0 Å². The van der Waals surface area contributed by atoms with Crippen molar-refractivity contribution in [2.45, 2.75) is 77.0 Å². The number of thiocyanates is 2. The third-order valence-corrected chi connectivity index (χ3v) is 4.77. The second kappa shape index (κ2) is 20.4. The van der Waals surface area contributed by atoms with Crippen LogP contribution in [0.4, 0.5) is 0 Å². The predicted octanol–water partition coefficient (Wildman–Crippen LogP) is 6.65. The molecule has 0 rings (SSSR count). The van der Waals surface area contributed by atoms with E-state index in [-0.39, 0.29) is 0 Å². The van der Waals surface area contributed by atoms with Crippen LogP contribution in [0.2, 0.25) is 0 Å². The number of hydrogen-bond acceptors (Lipinski definition) is 4. The lowest BCUT2D eigenvalue weighted by Gasteiger charge is -1.99. The first-order valence-electron chi connectivity index (χ1n) is 8.58. The molecule has 0 N–H and O–H groups in total. The fraction of sp³-hybridized carbons (Fsp3) is 0.778. The van der Waals surface area contributed by atoms with Gasteiger partial charge in [0.15, 0.2) is 0 Å². The summed E-state index contributed by atoms with van der Waals surface area (Å²) in [6, 6.07) is 0. The highest BCUT2D eigenvalue weighted by atomic mass is 32.2. The van der Waals surface area contributed by atoms with Crippen LogP contribution in [-0.4, -0.2) is 11.5 Å². The molecule has 0 fully saturated rings. The molecule has 0 saturated heterocycles. The molecule has 22 heavy (non-hydrogen) atoms. The summed E-state index contributed by atoms with van der Waals surface area (Å²) in [6.45, 7) is 0. The molecule has 124 valence electrons. The molecule has 0 aromatic rings. The highest BCUT2D eigenvalue weighted by molar-refractivity contribution is 8.03. The van der Waals surface area contributed by atoms with E-state index in [2.05, 4.69) is 23.0 Å². The Morgan fingerprint density at radius 1 is 0.545 bits per heavy atom. The van der Waals surface area contributed by atoms with Gasteiger partial charge in [-0.2, -0.15) is 10.5 Å². The Balaban J connectivity index is 3.06. The van der Waals surface area contributed by atoms with Gasteiger partial charge in [0.25, 0.3) is 0 Å². The van der Waals surface area contributed by atoms with E-state index in [0.29, 0.717) is 0 Å². The minimum absolute atomic E-state index is 0.994. The first kappa shape index (κ1) is 21.4. The summed E-state index contributed by atoms with van der Waals surface area (Å²) in [5.41, 5.74) is 0. The Kier molecular flexibility index (Phi) is 19.9. The van der Waals surface area contributed by atoms with Crippen LogP contribution in [0, 0.1) is 21.3 Å². The number of allylic oxidation sites excluding steroid dienone is 2. The number of hydrogen-bond donors (Lipinski definition) is 0. The zero-order valence-corrected chi connectivity index (χ0v) is 15.4. The Labute approximate surface area is 145 Å². The smallest absolute Gasteiger partial charge is 0.133 e. The maximum atomic E-state index is 8.40. The normalized spacial score (nSPS) is 10.6. The first-order chi connectivity index (χ1) is 10.9. The van der Waals surface area contributed by atoms with E-state index < -0.39 is 0 Å². The van der Waals surface area contributed by atoms with Gasteiger partial charge in [0.05, 0.1) is 0 Å². The molecule has 4 heteroatoms. The zero-order valence-electron chi connectivity index (χ0n) is 13.8. The molecule has 0 aliphatic rings. The van der Waals surface area contributed by atoms with Gasteiger partial charge in [-0.15, -0.1) is 0 Å². The molecule has 2 nitrogen and oxygen atoms in total. The fourth-order valence-electron chi connectivity index (χ4n) is 2.26. The maximum absolute atomic E-state index is 8.40. The SMILES string of the molecule is N#CSCCCCCCCC=CCCCCCCCSC#N. The molecule has 0 aromatic heterocycles. The molecule has 0 saturated carbocycles. The fourth-order valence-corrected chi connectivity index (χ4v) is 3.14. The van der Waals surface area contributed by atoms with Crippen LogP contribution < -0.4 is 0 Å². The van der Waals surface area contributed by atoms with Gasteiger partial charge in [0.2, 0.25) is 0 Å². The summed E-state index contributed by atoms with van der Waals surface area (Å²) >= 11 is 2.75. The van der Waals surface area contributed by atoms with Crippen LogP contribution in [0.15, 0.2) is 12.2 Å². The summed E-state index contributed by atoms with van der Waals surface area (Å²) < 4.78 is 0. The van der Waals surface area contributed by atoms with E-state index in [9.17, 15) is 0 Å². The van der Waals surface area contributed by atoms with Gasteiger partial charge < -0.3 is 0 Å². The summed E-state index contributed by atoms with van der Waals surface area (Å²) in [4.78, 5) is 0. The van der Waals surface area contributed by atoms with Gasteiger partial charge in [0, 0.05) is 11.5 Å². The molecule has 0 aromatic carbocycles. The summed E-state index contributed by atoms with van der Waals surface area (Å²) in [7, 11) is 0. The Morgan fingerprint density at radius 2 is 0.909 bits per heavy atom. The topological polar surface area (TPSA) is 47.6 Å². The van der Waals surface area contributed by atoms with Crippen molar-refractivity contribution in [3.63, 3.8) is 0 Å². The number of nitrogens with zero attached hydrogens (tertiary/aromatic N) is 2. The van der Waals surface area contributed by atoms with Gasteiger partial charge in [0.1, 0.15) is 10.8 Å². The molecular formula is C18H30N2S2. The highest BCUT2D eigenvalue weighted by Gasteiger charge is 1.92. The van der Waals surface area contributed by atoms with Crippen LogP contribution in [0.1, 0.15) is 77.0 Å². The van der Waals surface area contributed by atoms with Crippen molar-refractivity contribution in [3.8, 4) is 10.8 Å². The monoisotopic (exact) mass is 338 g/mol. The van der Waals surface area contributed by atoms with E-state index in [0.717, 1.165) is 11.5 Å². The van der Waals surface area contributed by atoms with Crippen molar-refractivity contribution >= 4 is 23.5 Å². The Hall–Kier alpha value is -0.580. The third kappa shape index (κ3) is 19.4. The number of unbranched alkanes of at least 4 members (excludes halogenated alkanes) is 10. The summed E-state index contributed by atoms with van der Waals surface area (Å²) in [5, 5.41) is 21.0. The number of nitriles is 2. The summed E-state index contributed by atoms with van der Waals surface area (Å²) in [6.07, 6.45) is 19.9. The van der Waals surface area contributed by atoms with E-state index in [4.69, 9.17) is 10.5 Å². The minimum atomic E-state index is 0.994. The van der Waals surface area contributed by atoms with Crippen molar-refractivity contribution in [2.24, 2.45) is 0 Å². The van der Waals surface area contributed by atoms with E-state index >= 15 is 0 Å². The van der Waals surface area contributed by atoms with E-state index in [1.807, 2.05) is 0 Å². The largest absolute Gasteiger partial charge is 0.185 e. The van der Waals surface area contributed by atoms with Crippen molar-refractivity contribution in [1.82, 2.24) is 0 Å². The highest BCUT2D eigenvalue weighted by Crippen LogP contribution is 2.11. The van der Waals surface area contributed by atoms with Gasteiger partial charge in [-0.25, -0.2) is 0 Å². The lowest BCUT2D eigenvalue weighted by Crippen LogP contribution is -1.82. The zero-order chi connectivity index (χ0) is 16.1. The summed E-state index contributed by atoms with van der Waals surface area (Å²) in [5.74, 6) is 1.99. The van der Waals surface area contributed by atoms with Gasteiger partial charge in [-0.05, 0) is 62.0 Å². The second-order valence-electron chi connectivity index (χ2n) is 5.46. The van der Waals surface area contributed by atoms with Gasteiger partial charge >= 0.3 is 0 Å². The maximum Gasteiger partial charge on any atom is 0.133 e. The molecule has 0 aliphatic heterocycles. The average molecular weight is 339 g/mol. The molecule has 0 aliphatic carbocycles. The Morgan fingerprint density at radius 3 is 1.32 bits per heavy atom.